The monoisotopic (exact) mass is 306 g/mol. The highest BCUT2D eigenvalue weighted by atomic mass is 16.3. The van der Waals surface area contributed by atoms with Gasteiger partial charge >= 0.3 is 0 Å². The molecule has 0 saturated heterocycles. The molecule has 0 atom stereocenters. The smallest absolute Gasteiger partial charge is 0.224 e. The van der Waals surface area contributed by atoms with E-state index in [1.807, 2.05) is 23.5 Å². The van der Waals surface area contributed by atoms with Gasteiger partial charge in [0.2, 0.25) is 5.95 Å². The lowest BCUT2D eigenvalue weighted by Crippen LogP contribution is -2.00. The Morgan fingerprint density at radius 2 is 2.00 bits per heavy atom. The molecule has 0 saturated carbocycles. The summed E-state index contributed by atoms with van der Waals surface area (Å²) in [6, 6.07) is 7.25. The van der Waals surface area contributed by atoms with E-state index in [0.717, 1.165) is 27.7 Å². The normalized spacial score (nSPS) is 11.2. The predicted octanol–water partition coefficient (Wildman–Crippen LogP) is 2.40. The van der Waals surface area contributed by atoms with E-state index in [-0.39, 0.29) is 5.75 Å². The average Bonchev–Trinajstić information content (AvgIpc) is 3.06. The Bertz CT molecular complexity index is 1040. The van der Waals surface area contributed by atoms with Gasteiger partial charge in [0.05, 0.1) is 0 Å². The first-order chi connectivity index (χ1) is 11.2. The van der Waals surface area contributed by atoms with Crippen LogP contribution in [-0.2, 0) is 0 Å². The van der Waals surface area contributed by atoms with E-state index in [4.69, 9.17) is 0 Å². The van der Waals surface area contributed by atoms with E-state index < -0.39 is 0 Å². The summed E-state index contributed by atoms with van der Waals surface area (Å²) in [6.07, 6.45) is 3.39. The minimum absolute atomic E-state index is 0.213. The second kappa shape index (κ2) is 4.91. The molecule has 0 spiro atoms. The van der Waals surface area contributed by atoms with E-state index in [1.54, 1.807) is 31.7 Å². The van der Waals surface area contributed by atoms with Crippen molar-refractivity contribution in [1.29, 1.82) is 0 Å². The van der Waals surface area contributed by atoms with Crippen LogP contribution in [0.1, 0.15) is 5.56 Å². The number of nitrogens with one attached hydrogen (secondary N) is 1. The number of aromatic hydroxyl groups is 1. The highest BCUT2D eigenvalue weighted by molar-refractivity contribution is 5.90. The van der Waals surface area contributed by atoms with Crippen LogP contribution in [0.3, 0.4) is 0 Å². The number of benzene rings is 1. The lowest BCUT2D eigenvalue weighted by Gasteiger charge is -2.10. The van der Waals surface area contributed by atoms with Crippen LogP contribution in [0.4, 0.5) is 5.95 Å². The van der Waals surface area contributed by atoms with Crippen molar-refractivity contribution in [2.24, 2.45) is 0 Å². The molecule has 7 heteroatoms. The first kappa shape index (κ1) is 13.4. The van der Waals surface area contributed by atoms with E-state index >= 15 is 0 Å². The average molecular weight is 306 g/mol. The second-order valence-corrected chi connectivity index (χ2v) is 5.30. The molecule has 23 heavy (non-hydrogen) atoms. The maximum Gasteiger partial charge on any atom is 0.224 e. The summed E-state index contributed by atoms with van der Waals surface area (Å²) in [5.74, 6) is 0.749. The van der Waals surface area contributed by atoms with E-state index in [9.17, 15) is 5.11 Å². The zero-order valence-corrected chi connectivity index (χ0v) is 12.6. The fraction of sp³-hybridized carbons (Fsp3) is 0.125. The van der Waals surface area contributed by atoms with Gasteiger partial charge in [0.15, 0.2) is 11.3 Å². The van der Waals surface area contributed by atoms with Crippen LogP contribution in [-0.4, -0.2) is 36.7 Å². The van der Waals surface area contributed by atoms with Crippen molar-refractivity contribution in [3.8, 4) is 16.9 Å². The van der Waals surface area contributed by atoms with Crippen LogP contribution in [0.25, 0.3) is 27.8 Å². The summed E-state index contributed by atoms with van der Waals surface area (Å²) in [5, 5.41) is 21.9. The Balaban J connectivity index is 2.10. The molecule has 0 fully saturated rings. The summed E-state index contributed by atoms with van der Waals surface area (Å²) in [6.45, 7) is 1.99. The van der Waals surface area contributed by atoms with Gasteiger partial charge in [-0.3, -0.25) is 4.40 Å². The van der Waals surface area contributed by atoms with E-state index in [0.29, 0.717) is 11.6 Å². The molecule has 0 bridgehead atoms. The van der Waals surface area contributed by atoms with Crippen molar-refractivity contribution >= 4 is 22.6 Å². The van der Waals surface area contributed by atoms with Gasteiger partial charge < -0.3 is 10.4 Å². The number of pyridine rings is 1. The summed E-state index contributed by atoms with van der Waals surface area (Å²) < 4.78 is 1.83. The molecule has 1 aromatic carbocycles. The second-order valence-electron chi connectivity index (χ2n) is 5.30. The van der Waals surface area contributed by atoms with E-state index in [1.165, 1.54) is 0 Å². The fourth-order valence-corrected chi connectivity index (χ4v) is 2.69. The lowest BCUT2D eigenvalue weighted by atomic mass is 10.0. The first-order valence-electron chi connectivity index (χ1n) is 7.14. The van der Waals surface area contributed by atoms with Gasteiger partial charge in [-0.15, -0.1) is 10.2 Å². The Hall–Kier alpha value is -3.22. The molecular formula is C16H14N6O. The Morgan fingerprint density at radius 3 is 2.83 bits per heavy atom. The summed E-state index contributed by atoms with van der Waals surface area (Å²) in [5.41, 5.74) is 4.24. The molecule has 3 aromatic heterocycles. The van der Waals surface area contributed by atoms with Crippen LogP contribution in [0.5, 0.6) is 5.75 Å². The number of fused-ring (bicyclic) bond motifs is 3. The maximum absolute atomic E-state index is 9.83. The Labute approximate surface area is 131 Å². The molecule has 4 aromatic rings. The third-order valence-electron chi connectivity index (χ3n) is 3.85. The topological polar surface area (TPSA) is 88.2 Å². The van der Waals surface area contributed by atoms with E-state index in [2.05, 4.69) is 25.5 Å². The summed E-state index contributed by atoms with van der Waals surface area (Å²) in [4.78, 5) is 8.75. The third-order valence-corrected chi connectivity index (χ3v) is 3.85. The molecule has 3 heterocycles. The molecule has 0 unspecified atom stereocenters. The molecule has 2 N–H and O–H groups in total. The highest BCUT2D eigenvalue weighted by Crippen LogP contribution is 2.32. The molecule has 114 valence electrons. The van der Waals surface area contributed by atoms with Gasteiger partial charge in [0, 0.05) is 24.2 Å². The standard InChI is InChI=1S/C16H14N6O/c1-9-3-4-11(23)6-12(9)13-5-10-7-18-16(17-2)20-14(10)22-8-19-21-15(13)22/h3-8,23H,1-2H3,(H,17,18,20). The van der Waals surface area contributed by atoms with Gasteiger partial charge in [-0.1, -0.05) is 6.07 Å². The minimum atomic E-state index is 0.213. The van der Waals surface area contributed by atoms with Crippen molar-refractivity contribution in [2.45, 2.75) is 6.92 Å². The Morgan fingerprint density at radius 1 is 1.13 bits per heavy atom. The largest absolute Gasteiger partial charge is 0.508 e. The van der Waals surface area contributed by atoms with Crippen molar-refractivity contribution in [3.05, 3.63) is 42.4 Å². The lowest BCUT2D eigenvalue weighted by molar-refractivity contribution is 0.475. The highest BCUT2D eigenvalue weighted by Gasteiger charge is 2.14. The molecular weight excluding hydrogens is 292 g/mol. The summed E-state index contributed by atoms with van der Waals surface area (Å²) >= 11 is 0. The molecule has 0 aliphatic carbocycles. The van der Waals surface area contributed by atoms with Gasteiger partial charge in [-0.05, 0) is 36.2 Å². The van der Waals surface area contributed by atoms with Crippen LogP contribution in [0, 0.1) is 6.92 Å². The van der Waals surface area contributed by atoms with Crippen LogP contribution in [0.15, 0.2) is 36.8 Å². The Kier molecular flexibility index (Phi) is 2.87. The van der Waals surface area contributed by atoms with Gasteiger partial charge in [0.1, 0.15) is 12.1 Å². The zero-order valence-electron chi connectivity index (χ0n) is 12.6. The molecule has 7 nitrogen and oxygen atoms in total. The van der Waals surface area contributed by atoms with Crippen LogP contribution >= 0.6 is 0 Å². The summed E-state index contributed by atoms with van der Waals surface area (Å²) in [7, 11) is 1.77. The van der Waals surface area contributed by atoms with Gasteiger partial charge in [-0.25, -0.2) is 4.98 Å². The molecule has 0 aliphatic heterocycles. The number of hydrogen-bond donors (Lipinski definition) is 2. The van der Waals surface area contributed by atoms with Gasteiger partial charge in [0.25, 0.3) is 0 Å². The van der Waals surface area contributed by atoms with Crippen LogP contribution < -0.4 is 5.32 Å². The van der Waals surface area contributed by atoms with Crippen LogP contribution in [0.2, 0.25) is 0 Å². The molecule has 0 radical (unpaired) electrons. The number of anilines is 1. The minimum Gasteiger partial charge on any atom is -0.508 e. The number of aromatic nitrogens is 5. The fourth-order valence-electron chi connectivity index (χ4n) is 2.69. The van der Waals surface area contributed by atoms with Crippen molar-refractivity contribution < 1.29 is 5.11 Å². The zero-order chi connectivity index (χ0) is 16.0. The third kappa shape index (κ3) is 2.05. The predicted molar refractivity (Wildman–Crippen MR) is 87.5 cm³/mol. The quantitative estimate of drug-likeness (QED) is 0.591. The van der Waals surface area contributed by atoms with Crippen molar-refractivity contribution in [1.82, 2.24) is 24.6 Å². The molecule has 4 rings (SSSR count). The van der Waals surface area contributed by atoms with Crippen molar-refractivity contribution in [3.63, 3.8) is 0 Å². The molecule has 0 aliphatic rings. The number of rotatable bonds is 2. The molecule has 0 amide bonds. The number of phenols is 1. The van der Waals surface area contributed by atoms with Crippen molar-refractivity contribution in [2.75, 3.05) is 12.4 Å². The number of nitrogens with zero attached hydrogens (tertiary/aromatic N) is 5. The number of hydrogen-bond acceptors (Lipinski definition) is 6. The first-order valence-corrected chi connectivity index (χ1v) is 7.14. The number of aryl methyl sites for hydroxylation is 1. The maximum atomic E-state index is 9.83. The number of phenolic OH excluding ortho intramolecular Hbond substituents is 1. The van der Waals surface area contributed by atoms with Gasteiger partial charge in [-0.2, -0.15) is 4.98 Å². The SMILES string of the molecule is CNc1ncc2cc(-c3cc(O)ccc3C)c3nncn3c2n1.